The molecule has 2 rings (SSSR count). The third-order valence-corrected chi connectivity index (χ3v) is 4.17. The first-order chi connectivity index (χ1) is 12.7. The number of anilines is 1. The summed E-state index contributed by atoms with van der Waals surface area (Å²) in [5.41, 5.74) is -2.01. The summed E-state index contributed by atoms with van der Waals surface area (Å²) in [6.07, 6.45) is 0. The summed E-state index contributed by atoms with van der Waals surface area (Å²) >= 11 is 3.00. The monoisotopic (exact) mass is 443 g/mol. The van der Waals surface area contributed by atoms with E-state index >= 15 is 0 Å². The molecule has 0 aromatic heterocycles. The van der Waals surface area contributed by atoms with E-state index < -0.39 is 39.7 Å². The number of methoxy groups -OCH3 is 1. The minimum Gasteiger partial charge on any atom is -0.478 e. The highest BCUT2D eigenvalue weighted by molar-refractivity contribution is 9.10. The second kappa shape index (κ2) is 8.14. The minimum absolute atomic E-state index is 0.0846. The number of rotatable bonds is 7. The highest BCUT2D eigenvalue weighted by Gasteiger charge is 2.36. The lowest BCUT2D eigenvalue weighted by molar-refractivity contribution is -0.384. The summed E-state index contributed by atoms with van der Waals surface area (Å²) in [6, 6.07) is 2.19. The summed E-state index contributed by atoms with van der Waals surface area (Å²) < 4.78 is 4.77. The van der Waals surface area contributed by atoms with E-state index in [0.29, 0.717) is 0 Å². The number of aromatic carboxylic acids is 1. The van der Waals surface area contributed by atoms with E-state index in [4.69, 9.17) is 5.11 Å². The normalized spacial score (nSPS) is 13.7. The van der Waals surface area contributed by atoms with Crippen LogP contribution in [0.3, 0.4) is 0 Å². The number of hydrogen-bond donors (Lipinski definition) is 3. The lowest BCUT2D eigenvalue weighted by atomic mass is 10.1. The van der Waals surface area contributed by atoms with Gasteiger partial charge in [-0.15, -0.1) is 0 Å². The quantitative estimate of drug-likeness (QED) is 0.313. The molecule has 3 N–H and O–H groups in total. The van der Waals surface area contributed by atoms with Gasteiger partial charge < -0.3 is 25.2 Å². The number of carbonyl (C=O) groups is 3. The Morgan fingerprint density at radius 3 is 2.63 bits per heavy atom. The van der Waals surface area contributed by atoms with Gasteiger partial charge in [-0.05, 0) is 6.07 Å². The predicted molar refractivity (Wildman–Crippen MR) is 94.1 cm³/mol. The molecule has 1 aliphatic heterocycles. The number of halogens is 1. The van der Waals surface area contributed by atoms with Gasteiger partial charge in [0.2, 0.25) is 0 Å². The molecule has 0 saturated carbocycles. The second-order valence-electron chi connectivity index (χ2n) is 5.33. The Morgan fingerprint density at radius 2 is 2.11 bits per heavy atom. The van der Waals surface area contributed by atoms with Crippen molar-refractivity contribution in [3.05, 3.63) is 43.6 Å². The SMILES string of the molecule is COC(=O)C1=C(Nc2c(C(=O)O)cc(Br)cc2[N+](=O)[O-])C(=O)N(CCO)C1. The number of hydrogen-bond acceptors (Lipinski definition) is 8. The number of aliphatic hydroxyl groups is 1. The summed E-state index contributed by atoms with van der Waals surface area (Å²) in [4.78, 5) is 47.7. The first kappa shape index (κ1) is 20.3. The van der Waals surface area contributed by atoms with Gasteiger partial charge in [0.25, 0.3) is 11.6 Å². The van der Waals surface area contributed by atoms with Crippen LogP contribution in [0.4, 0.5) is 11.4 Å². The number of nitro groups is 1. The Hall–Kier alpha value is -2.99. The number of ether oxygens (including phenoxy) is 1. The zero-order chi connectivity index (χ0) is 20.3. The molecule has 0 aliphatic carbocycles. The molecule has 12 heteroatoms. The molecule has 0 atom stereocenters. The van der Waals surface area contributed by atoms with Crippen molar-refractivity contribution in [2.75, 3.05) is 32.1 Å². The Kier molecular flexibility index (Phi) is 6.13. The number of nitro benzene ring substituents is 1. The lowest BCUT2D eigenvalue weighted by Gasteiger charge is -2.15. The fourth-order valence-corrected chi connectivity index (χ4v) is 2.96. The first-order valence-corrected chi connectivity index (χ1v) is 8.20. The molecular weight excluding hydrogens is 430 g/mol. The number of amides is 1. The molecule has 0 unspecified atom stereocenters. The lowest BCUT2D eigenvalue weighted by Crippen LogP contribution is -2.31. The number of esters is 1. The minimum atomic E-state index is -1.47. The Labute approximate surface area is 160 Å². The van der Waals surface area contributed by atoms with Crippen LogP contribution in [0.1, 0.15) is 10.4 Å². The average Bonchev–Trinajstić information content (AvgIpc) is 2.91. The molecule has 0 radical (unpaired) electrons. The molecular formula is C15H14BrN3O8. The summed E-state index contributed by atoms with van der Waals surface area (Å²) in [5, 5.41) is 32.2. The highest BCUT2D eigenvalue weighted by atomic mass is 79.9. The van der Waals surface area contributed by atoms with E-state index in [1.54, 1.807) is 0 Å². The first-order valence-electron chi connectivity index (χ1n) is 7.41. The maximum absolute atomic E-state index is 12.5. The van der Waals surface area contributed by atoms with Gasteiger partial charge in [-0.25, -0.2) is 9.59 Å². The largest absolute Gasteiger partial charge is 0.478 e. The van der Waals surface area contributed by atoms with Gasteiger partial charge in [-0.1, -0.05) is 15.9 Å². The van der Waals surface area contributed by atoms with Crippen molar-refractivity contribution < 1.29 is 34.3 Å². The second-order valence-corrected chi connectivity index (χ2v) is 6.25. The van der Waals surface area contributed by atoms with E-state index in [-0.39, 0.29) is 35.4 Å². The molecule has 0 bridgehead atoms. The van der Waals surface area contributed by atoms with Crippen LogP contribution in [0.2, 0.25) is 0 Å². The summed E-state index contributed by atoms with van der Waals surface area (Å²) in [6.45, 7) is -0.647. The third kappa shape index (κ3) is 4.06. The molecule has 0 saturated heterocycles. The Balaban J connectivity index is 2.62. The van der Waals surface area contributed by atoms with Gasteiger partial charge in [0.05, 0.1) is 36.3 Å². The fourth-order valence-electron chi connectivity index (χ4n) is 2.51. The molecule has 0 fully saturated rings. The van der Waals surface area contributed by atoms with Crippen LogP contribution in [0.15, 0.2) is 27.9 Å². The number of β-amino-alcohol motifs (C(OH)–C–C–N with tert-alkyl or cyclic N) is 1. The highest BCUT2D eigenvalue weighted by Crippen LogP contribution is 2.35. The van der Waals surface area contributed by atoms with E-state index in [9.17, 15) is 29.6 Å². The van der Waals surface area contributed by atoms with Crippen LogP contribution in [0.25, 0.3) is 0 Å². The van der Waals surface area contributed by atoms with Gasteiger partial charge in [-0.3, -0.25) is 14.9 Å². The number of aliphatic hydroxyl groups excluding tert-OH is 1. The summed E-state index contributed by atoms with van der Waals surface area (Å²) in [5.74, 6) is -3.05. The van der Waals surface area contributed by atoms with E-state index in [0.717, 1.165) is 24.1 Å². The maximum Gasteiger partial charge on any atom is 0.338 e. The Morgan fingerprint density at radius 1 is 1.44 bits per heavy atom. The average molecular weight is 444 g/mol. The van der Waals surface area contributed by atoms with Crippen LogP contribution < -0.4 is 5.32 Å². The van der Waals surface area contributed by atoms with Crippen LogP contribution in [0.5, 0.6) is 0 Å². The predicted octanol–water partition coefficient (Wildman–Crippen LogP) is 0.729. The van der Waals surface area contributed by atoms with Crippen molar-refractivity contribution in [3.63, 3.8) is 0 Å². The number of benzene rings is 1. The molecule has 1 aromatic rings. The van der Waals surface area contributed by atoms with Crippen LogP contribution in [0, 0.1) is 10.1 Å². The molecule has 1 aliphatic rings. The fraction of sp³-hybridized carbons (Fsp3) is 0.267. The van der Waals surface area contributed by atoms with Crippen molar-refractivity contribution in [1.82, 2.24) is 4.90 Å². The van der Waals surface area contributed by atoms with Gasteiger partial charge in [0.1, 0.15) is 11.4 Å². The third-order valence-electron chi connectivity index (χ3n) is 3.71. The van der Waals surface area contributed by atoms with Crippen LogP contribution >= 0.6 is 15.9 Å². The van der Waals surface area contributed by atoms with Crippen LogP contribution in [-0.4, -0.2) is 64.7 Å². The standard InChI is InChI=1S/C15H14BrN3O8/c1-27-15(24)9-6-18(2-3-20)13(21)12(9)17-11-8(14(22)23)4-7(16)5-10(11)19(25)26/h4-5,17,20H,2-3,6H2,1H3,(H,22,23). The molecule has 1 amide bonds. The zero-order valence-corrected chi connectivity index (χ0v) is 15.5. The molecule has 27 heavy (non-hydrogen) atoms. The van der Waals surface area contributed by atoms with E-state index in [1.165, 1.54) is 0 Å². The van der Waals surface area contributed by atoms with Crippen molar-refractivity contribution in [1.29, 1.82) is 0 Å². The van der Waals surface area contributed by atoms with Crippen LogP contribution in [-0.2, 0) is 14.3 Å². The van der Waals surface area contributed by atoms with Crippen molar-refractivity contribution in [2.24, 2.45) is 0 Å². The number of carboxylic acid groups (broad SMARTS) is 1. The number of nitrogens with one attached hydrogen (secondary N) is 1. The smallest absolute Gasteiger partial charge is 0.338 e. The molecule has 0 spiro atoms. The van der Waals surface area contributed by atoms with Gasteiger partial charge in [0.15, 0.2) is 0 Å². The molecule has 1 aromatic carbocycles. The number of carboxylic acids is 1. The topological polar surface area (TPSA) is 159 Å². The number of carbonyl (C=O) groups excluding carboxylic acids is 2. The van der Waals surface area contributed by atoms with E-state index in [2.05, 4.69) is 26.0 Å². The molecule has 11 nitrogen and oxygen atoms in total. The van der Waals surface area contributed by atoms with Gasteiger partial charge in [0, 0.05) is 17.1 Å². The zero-order valence-electron chi connectivity index (χ0n) is 13.9. The van der Waals surface area contributed by atoms with Crippen molar-refractivity contribution in [2.45, 2.75) is 0 Å². The van der Waals surface area contributed by atoms with Crippen molar-refractivity contribution >= 4 is 45.2 Å². The number of nitrogens with zero attached hydrogens (tertiary/aromatic N) is 2. The van der Waals surface area contributed by atoms with Crippen molar-refractivity contribution in [3.8, 4) is 0 Å². The maximum atomic E-state index is 12.5. The summed E-state index contributed by atoms with van der Waals surface area (Å²) in [7, 11) is 1.09. The Bertz CT molecular complexity index is 832. The van der Waals surface area contributed by atoms with E-state index in [1.807, 2.05) is 0 Å². The molecule has 144 valence electrons. The van der Waals surface area contributed by atoms with Gasteiger partial charge >= 0.3 is 11.9 Å². The van der Waals surface area contributed by atoms with Gasteiger partial charge in [-0.2, -0.15) is 0 Å². The molecule has 1 heterocycles.